The van der Waals surface area contributed by atoms with Crippen molar-refractivity contribution in [1.29, 1.82) is 0 Å². The molecule has 0 spiro atoms. The van der Waals surface area contributed by atoms with Gasteiger partial charge in [-0.3, -0.25) is 0 Å². The number of rotatable bonds is 6. The summed E-state index contributed by atoms with van der Waals surface area (Å²) in [7, 11) is 0. The number of carboxylic acid groups (broad SMARTS) is 2. The van der Waals surface area contributed by atoms with Gasteiger partial charge in [0.05, 0.1) is 17.3 Å². The number of carboxylic acids is 2. The minimum absolute atomic E-state index is 0.137. The molecule has 1 aromatic heterocycles. The van der Waals surface area contributed by atoms with E-state index in [-0.39, 0.29) is 11.1 Å². The average molecular weight is 455 g/mol. The van der Waals surface area contributed by atoms with Gasteiger partial charge in [0.15, 0.2) is 0 Å². The predicted molar refractivity (Wildman–Crippen MR) is 120 cm³/mol. The van der Waals surface area contributed by atoms with E-state index in [9.17, 15) is 24.6 Å². The van der Waals surface area contributed by atoms with Crippen molar-refractivity contribution in [2.24, 2.45) is 5.10 Å². The molecule has 0 radical (unpaired) electrons. The molecule has 2 amide bonds. The molecule has 9 nitrogen and oxygen atoms in total. The van der Waals surface area contributed by atoms with Crippen LogP contribution in [-0.2, 0) is 0 Å². The Labute approximate surface area is 187 Å². The molecule has 1 heterocycles. The Morgan fingerprint density at radius 1 is 1.00 bits per heavy atom. The maximum atomic E-state index is 12.0. The number of benzene rings is 2. The van der Waals surface area contributed by atoms with Crippen LogP contribution in [0.15, 0.2) is 53.6 Å². The van der Waals surface area contributed by atoms with Gasteiger partial charge in [-0.1, -0.05) is 17.7 Å². The number of carbonyl (C=O) groups is 3. The second kappa shape index (κ2) is 9.36. The van der Waals surface area contributed by atoms with Crippen molar-refractivity contribution in [3.8, 4) is 5.69 Å². The third-order valence-corrected chi connectivity index (χ3v) is 4.83. The van der Waals surface area contributed by atoms with E-state index < -0.39 is 18.0 Å². The highest BCUT2D eigenvalue weighted by Crippen LogP contribution is 2.22. The average Bonchev–Trinajstić information content (AvgIpc) is 3.00. The molecule has 3 aromatic rings. The minimum Gasteiger partial charge on any atom is -0.478 e. The van der Waals surface area contributed by atoms with Crippen LogP contribution in [0.1, 0.15) is 37.7 Å². The second-order valence-corrected chi connectivity index (χ2v) is 7.31. The molecule has 0 atom stereocenters. The lowest BCUT2D eigenvalue weighted by Gasteiger charge is -2.12. The third kappa shape index (κ3) is 5.13. The van der Waals surface area contributed by atoms with E-state index in [1.54, 1.807) is 48.7 Å². The smallest absolute Gasteiger partial charge is 0.339 e. The number of amides is 2. The number of halogens is 1. The predicted octanol–water partition coefficient (Wildman–Crippen LogP) is 4.30. The van der Waals surface area contributed by atoms with E-state index in [4.69, 9.17) is 11.6 Å². The number of hydrazone groups is 1. The van der Waals surface area contributed by atoms with Gasteiger partial charge < -0.3 is 20.1 Å². The fourth-order valence-electron chi connectivity index (χ4n) is 3.19. The highest BCUT2D eigenvalue weighted by atomic mass is 35.5. The van der Waals surface area contributed by atoms with Crippen LogP contribution in [0, 0.1) is 13.8 Å². The van der Waals surface area contributed by atoms with Crippen molar-refractivity contribution in [1.82, 2.24) is 9.99 Å². The van der Waals surface area contributed by atoms with Crippen molar-refractivity contribution >= 4 is 41.5 Å². The summed E-state index contributed by atoms with van der Waals surface area (Å²) in [5.41, 5.74) is 5.05. The first kappa shape index (κ1) is 22.6. The number of hydrogen-bond acceptors (Lipinski definition) is 4. The van der Waals surface area contributed by atoms with E-state index >= 15 is 0 Å². The fourth-order valence-corrected chi connectivity index (χ4v) is 3.38. The molecule has 4 N–H and O–H groups in total. The quantitative estimate of drug-likeness (QED) is 0.325. The Balaban J connectivity index is 1.83. The molecule has 164 valence electrons. The van der Waals surface area contributed by atoms with Crippen LogP contribution in [0.3, 0.4) is 0 Å². The number of aromatic nitrogens is 1. The zero-order valence-electron chi connectivity index (χ0n) is 17.1. The highest BCUT2D eigenvalue weighted by Gasteiger charge is 2.16. The van der Waals surface area contributed by atoms with Crippen LogP contribution >= 0.6 is 11.6 Å². The van der Waals surface area contributed by atoms with E-state index in [0.717, 1.165) is 11.8 Å². The molecular formula is C22H19ClN4O5. The van der Waals surface area contributed by atoms with Crippen molar-refractivity contribution < 1.29 is 24.6 Å². The van der Waals surface area contributed by atoms with Crippen LogP contribution in [0.5, 0.6) is 0 Å². The summed E-state index contributed by atoms with van der Waals surface area (Å²) in [5, 5.41) is 25.7. The zero-order valence-corrected chi connectivity index (χ0v) is 17.8. The number of anilines is 1. The van der Waals surface area contributed by atoms with E-state index in [1.165, 1.54) is 18.3 Å². The number of aryl methyl sites for hydroxylation is 1. The largest absolute Gasteiger partial charge is 0.478 e. The molecule has 0 saturated heterocycles. The van der Waals surface area contributed by atoms with Gasteiger partial charge in [-0.2, -0.15) is 5.10 Å². The summed E-state index contributed by atoms with van der Waals surface area (Å²) in [5.74, 6) is -2.46. The van der Waals surface area contributed by atoms with Crippen LogP contribution in [0.4, 0.5) is 10.5 Å². The van der Waals surface area contributed by atoms with Crippen LogP contribution in [0.25, 0.3) is 5.69 Å². The summed E-state index contributed by atoms with van der Waals surface area (Å²) >= 11 is 5.88. The van der Waals surface area contributed by atoms with Gasteiger partial charge in [-0.15, -0.1) is 0 Å². The number of aromatic carboxylic acids is 2. The lowest BCUT2D eigenvalue weighted by atomic mass is 10.1. The standard InChI is InChI=1S/C22H19ClN4O5/c1-12-6-16(11-24-26-22(32)25-18-5-3-4-17(23)10-18)13(2)27(12)19-8-14(20(28)29)7-15(9-19)21(30)31/h3-11H,1-2H3,(H,28,29)(H,30,31)(H2,25,26,32)/b24-11+. The zero-order chi connectivity index (χ0) is 23.4. The molecule has 32 heavy (non-hydrogen) atoms. The van der Waals surface area contributed by atoms with Gasteiger partial charge in [0.25, 0.3) is 0 Å². The number of hydrogen-bond donors (Lipinski definition) is 4. The molecule has 0 aliphatic rings. The van der Waals surface area contributed by atoms with Crippen LogP contribution in [-0.4, -0.2) is 39.0 Å². The summed E-state index contributed by atoms with van der Waals surface area (Å²) in [6, 6.07) is 11.8. The van der Waals surface area contributed by atoms with Crippen LogP contribution in [0.2, 0.25) is 5.02 Å². The second-order valence-electron chi connectivity index (χ2n) is 6.88. The first-order chi connectivity index (χ1) is 15.2. The molecule has 0 fully saturated rings. The minimum atomic E-state index is -1.23. The number of carbonyl (C=O) groups excluding carboxylic acids is 1. The van der Waals surface area contributed by atoms with Crippen LogP contribution < -0.4 is 10.7 Å². The molecule has 0 unspecified atom stereocenters. The van der Waals surface area contributed by atoms with Gasteiger partial charge in [0.1, 0.15) is 0 Å². The number of nitrogens with zero attached hydrogens (tertiary/aromatic N) is 2. The molecule has 0 saturated carbocycles. The first-order valence-corrected chi connectivity index (χ1v) is 9.70. The lowest BCUT2D eigenvalue weighted by Crippen LogP contribution is -2.24. The van der Waals surface area contributed by atoms with Crippen molar-refractivity contribution in [2.45, 2.75) is 13.8 Å². The van der Waals surface area contributed by atoms with E-state index in [2.05, 4.69) is 15.8 Å². The van der Waals surface area contributed by atoms with Gasteiger partial charge in [0, 0.05) is 33.3 Å². The highest BCUT2D eigenvalue weighted by molar-refractivity contribution is 6.30. The van der Waals surface area contributed by atoms with Crippen molar-refractivity contribution in [2.75, 3.05) is 5.32 Å². The molecule has 2 aromatic carbocycles. The molecule has 0 bridgehead atoms. The Hall–Kier alpha value is -4.11. The SMILES string of the molecule is Cc1cc(/C=N/NC(=O)Nc2cccc(Cl)c2)c(C)n1-c1cc(C(=O)O)cc(C(=O)O)c1. The third-order valence-electron chi connectivity index (χ3n) is 4.59. The molecule has 0 aliphatic heterocycles. The maximum absolute atomic E-state index is 12.0. The summed E-state index contributed by atoms with van der Waals surface area (Å²) in [6.45, 7) is 3.56. The van der Waals surface area contributed by atoms with Gasteiger partial charge in [-0.25, -0.2) is 19.8 Å². The molecule has 0 aliphatic carbocycles. The lowest BCUT2D eigenvalue weighted by molar-refractivity contribution is 0.0696. The van der Waals surface area contributed by atoms with Gasteiger partial charge in [-0.05, 0) is 56.3 Å². The van der Waals surface area contributed by atoms with E-state index in [1.807, 2.05) is 0 Å². The number of nitrogens with one attached hydrogen (secondary N) is 2. The molecule has 3 rings (SSSR count). The van der Waals surface area contributed by atoms with Crippen molar-refractivity contribution in [3.05, 3.63) is 81.6 Å². The monoisotopic (exact) mass is 454 g/mol. The normalized spacial score (nSPS) is 10.8. The number of urea groups is 1. The molecular weight excluding hydrogens is 436 g/mol. The Bertz CT molecular complexity index is 1220. The van der Waals surface area contributed by atoms with E-state index in [0.29, 0.717) is 27.7 Å². The topological polar surface area (TPSA) is 133 Å². The Morgan fingerprint density at radius 3 is 2.25 bits per heavy atom. The van der Waals surface area contributed by atoms with Gasteiger partial charge >= 0.3 is 18.0 Å². The van der Waals surface area contributed by atoms with Gasteiger partial charge in [0.2, 0.25) is 0 Å². The molecule has 10 heteroatoms. The Morgan fingerprint density at radius 2 is 1.66 bits per heavy atom. The fraction of sp³-hybridized carbons (Fsp3) is 0.0909. The first-order valence-electron chi connectivity index (χ1n) is 9.32. The Kier molecular flexibility index (Phi) is 6.60. The summed E-state index contributed by atoms with van der Waals surface area (Å²) in [6.07, 6.45) is 1.44. The summed E-state index contributed by atoms with van der Waals surface area (Å²) in [4.78, 5) is 34.8. The maximum Gasteiger partial charge on any atom is 0.339 e. The van der Waals surface area contributed by atoms with Crippen molar-refractivity contribution in [3.63, 3.8) is 0 Å². The summed E-state index contributed by atoms with van der Waals surface area (Å²) < 4.78 is 1.71.